The Balaban J connectivity index is 2.23. The highest BCUT2D eigenvalue weighted by molar-refractivity contribution is 9.10. The summed E-state index contributed by atoms with van der Waals surface area (Å²) in [6.45, 7) is 2.70. The summed E-state index contributed by atoms with van der Waals surface area (Å²) in [4.78, 5) is 11.0. The first-order valence-corrected chi connectivity index (χ1v) is 8.40. The standard InChI is InChI=1S/C13H16BrNO3S/c1-10-8-12(2-3-13(10)14)19(17,18)15-6-4-11(9-16)5-7-15/h2-3,8-9,11H,4-7H2,1H3. The Morgan fingerprint density at radius 3 is 2.47 bits per heavy atom. The van der Waals surface area contributed by atoms with E-state index < -0.39 is 10.0 Å². The Morgan fingerprint density at radius 1 is 1.32 bits per heavy atom. The van der Waals surface area contributed by atoms with Crippen molar-refractivity contribution < 1.29 is 13.2 Å². The number of benzene rings is 1. The second kappa shape index (κ2) is 5.73. The van der Waals surface area contributed by atoms with E-state index in [9.17, 15) is 13.2 Å². The third kappa shape index (κ3) is 3.07. The van der Waals surface area contributed by atoms with E-state index >= 15 is 0 Å². The molecule has 0 unspecified atom stereocenters. The van der Waals surface area contributed by atoms with Gasteiger partial charge in [-0.05, 0) is 43.5 Å². The van der Waals surface area contributed by atoms with Crippen LogP contribution in [0, 0.1) is 12.8 Å². The van der Waals surface area contributed by atoms with Gasteiger partial charge in [0.2, 0.25) is 10.0 Å². The van der Waals surface area contributed by atoms with Gasteiger partial charge in [-0.3, -0.25) is 0 Å². The van der Waals surface area contributed by atoms with E-state index in [-0.39, 0.29) is 5.92 Å². The van der Waals surface area contributed by atoms with Crippen LogP contribution in [0.25, 0.3) is 0 Å². The third-order valence-electron chi connectivity index (χ3n) is 3.46. The third-order valence-corrected chi connectivity index (χ3v) is 6.24. The predicted octanol–water partition coefficient (Wildman–Crippen LogP) is 2.36. The Hall–Kier alpha value is -0.720. The molecule has 6 heteroatoms. The average Bonchev–Trinajstić information content (AvgIpc) is 2.41. The topological polar surface area (TPSA) is 54.5 Å². The molecule has 0 atom stereocenters. The largest absolute Gasteiger partial charge is 0.303 e. The molecule has 4 nitrogen and oxygen atoms in total. The summed E-state index contributed by atoms with van der Waals surface area (Å²) in [5.41, 5.74) is 0.892. The molecule has 0 radical (unpaired) electrons. The van der Waals surface area contributed by atoms with E-state index in [0.717, 1.165) is 16.3 Å². The summed E-state index contributed by atoms with van der Waals surface area (Å²) in [6.07, 6.45) is 2.14. The van der Waals surface area contributed by atoms with Crippen molar-refractivity contribution in [2.24, 2.45) is 5.92 Å². The number of aldehydes is 1. The van der Waals surface area contributed by atoms with Gasteiger partial charge in [0, 0.05) is 23.5 Å². The van der Waals surface area contributed by atoms with Gasteiger partial charge in [0.15, 0.2) is 0 Å². The van der Waals surface area contributed by atoms with E-state index in [1.165, 1.54) is 4.31 Å². The van der Waals surface area contributed by atoms with Gasteiger partial charge in [0.1, 0.15) is 6.29 Å². The number of rotatable bonds is 3. The number of carbonyl (C=O) groups excluding carboxylic acids is 1. The van der Waals surface area contributed by atoms with Crippen molar-refractivity contribution in [2.75, 3.05) is 13.1 Å². The summed E-state index contributed by atoms with van der Waals surface area (Å²) < 4.78 is 27.3. The van der Waals surface area contributed by atoms with Crippen LogP contribution >= 0.6 is 15.9 Å². The van der Waals surface area contributed by atoms with E-state index in [1.54, 1.807) is 18.2 Å². The van der Waals surface area contributed by atoms with Crippen molar-refractivity contribution in [3.8, 4) is 0 Å². The van der Waals surface area contributed by atoms with E-state index in [4.69, 9.17) is 0 Å². The normalized spacial score (nSPS) is 18.4. The number of hydrogen-bond acceptors (Lipinski definition) is 3. The van der Waals surface area contributed by atoms with E-state index in [1.807, 2.05) is 6.92 Å². The van der Waals surface area contributed by atoms with Gasteiger partial charge in [-0.1, -0.05) is 15.9 Å². The zero-order valence-electron chi connectivity index (χ0n) is 10.7. The molecule has 1 aromatic carbocycles. The molecular weight excluding hydrogens is 330 g/mol. The lowest BCUT2D eigenvalue weighted by atomic mass is 10.0. The van der Waals surface area contributed by atoms with Crippen LogP contribution in [-0.4, -0.2) is 32.1 Å². The lowest BCUT2D eigenvalue weighted by Crippen LogP contribution is -2.38. The number of piperidine rings is 1. The molecule has 1 saturated heterocycles. The Kier molecular flexibility index (Phi) is 4.43. The SMILES string of the molecule is Cc1cc(S(=O)(=O)N2CCC(C=O)CC2)ccc1Br. The quantitative estimate of drug-likeness (QED) is 0.790. The van der Waals surface area contributed by atoms with Crippen LogP contribution in [0.5, 0.6) is 0 Å². The number of halogens is 1. The smallest absolute Gasteiger partial charge is 0.243 e. The molecule has 1 aliphatic rings. The van der Waals surface area contributed by atoms with Crippen LogP contribution in [0.2, 0.25) is 0 Å². The lowest BCUT2D eigenvalue weighted by Gasteiger charge is -2.28. The minimum atomic E-state index is -3.44. The monoisotopic (exact) mass is 345 g/mol. The molecule has 0 bridgehead atoms. The fourth-order valence-electron chi connectivity index (χ4n) is 2.18. The second-order valence-electron chi connectivity index (χ2n) is 4.79. The molecule has 19 heavy (non-hydrogen) atoms. The van der Waals surface area contributed by atoms with Crippen LogP contribution in [0.1, 0.15) is 18.4 Å². The van der Waals surface area contributed by atoms with E-state index in [2.05, 4.69) is 15.9 Å². The number of sulfonamides is 1. The second-order valence-corrected chi connectivity index (χ2v) is 7.58. The van der Waals surface area contributed by atoms with Gasteiger partial charge in [0.05, 0.1) is 4.90 Å². The summed E-state index contributed by atoms with van der Waals surface area (Å²) in [6, 6.07) is 5.03. The first kappa shape index (κ1) is 14.7. The van der Waals surface area contributed by atoms with E-state index in [0.29, 0.717) is 30.8 Å². The van der Waals surface area contributed by atoms with Crippen molar-refractivity contribution >= 4 is 32.2 Å². The van der Waals surface area contributed by atoms with Crippen molar-refractivity contribution in [2.45, 2.75) is 24.7 Å². The number of hydrogen-bond donors (Lipinski definition) is 0. The maximum Gasteiger partial charge on any atom is 0.243 e. The van der Waals surface area contributed by atoms with Gasteiger partial charge in [-0.15, -0.1) is 0 Å². The van der Waals surface area contributed by atoms with Crippen LogP contribution in [0.15, 0.2) is 27.6 Å². The molecule has 0 N–H and O–H groups in total. The molecule has 0 aliphatic carbocycles. The summed E-state index contributed by atoms with van der Waals surface area (Å²) in [5.74, 6) is -0.00176. The fraction of sp³-hybridized carbons (Fsp3) is 0.462. The van der Waals surface area contributed by atoms with Crippen molar-refractivity contribution in [3.63, 3.8) is 0 Å². The highest BCUT2D eigenvalue weighted by Gasteiger charge is 2.29. The maximum atomic E-state index is 12.5. The molecule has 0 amide bonds. The highest BCUT2D eigenvalue weighted by Crippen LogP contribution is 2.25. The minimum Gasteiger partial charge on any atom is -0.303 e. The molecule has 0 saturated carbocycles. The molecule has 2 rings (SSSR count). The first-order chi connectivity index (χ1) is 8.95. The number of carbonyl (C=O) groups is 1. The lowest BCUT2D eigenvalue weighted by molar-refractivity contribution is -0.112. The molecule has 1 aliphatic heterocycles. The molecule has 1 fully saturated rings. The molecule has 104 valence electrons. The Bertz CT molecular complexity index is 578. The Morgan fingerprint density at radius 2 is 1.95 bits per heavy atom. The molecular formula is C13H16BrNO3S. The molecule has 1 aromatic rings. The van der Waals surface area contributed by atoms with Gasteiger partial charge in [0.25, 0.3) is 0 Å². The zero-order valence-corrected chi connectivity index (χ0v) is 13.1. The highest BCUT2D eigenvalue weighted by atomic mass is 79.9. The summed E-state index contributed by atoms with van der Waals surface area (Å²) >= 11 is 3.36. The number of nitrogens with zero attached hydrogens (tertiary/aromatic N) is 1. The van der Waals surface area contributed by atoms with Crippen molar-refractivity contribution in [1.29, 1.82) is 0 Å². The van der Waals surface area contributed by atoms with Gasteiger partial charge in [-0.25, -0.2) is 8.42 Å². The summed E-state index contributed by atoms with van der Waals surface area (Å²) in [5, 5.41) is 0. The maximum absolute atomic E-state index is 12.5. The van der Waals surface area contributed by atoms with Gasteiger partial charge >= 0.3 is 0 Å². The minimum absolute atomic E-state index is 0.00176. The van der Waals surface area contributed by atoms with Gasteiger partial charge in [-0.2, -0.15) is 4.31 Å². The Labute approximate surface area is 122 Å². The summed E-state index contributed by atoms with van der Waals surface area (Å²) in [7, 11) is -3.44. The van der Waals surface area contributed by atoms with Crippen LogP contribution in [0.4, 0.5) is 0 Å². The number of aryl methyl sites for hydroxylation is 1. The van der Waals surface area contributed by atoms with Gasteiger partial charge < -0.3 is 4.79 Å². The molecule has 0 aromatic heterocycles. The first-order valence-electron chi connectivity index (χ1n) is 6.17. The average molecular weight is 346 g/mol. The molecule has 0 spiro atoms. The van der Waals surface area contributed by atoms with Crippen LogP contribution < -0.4 is 0 Å². The van der Waals surface area contributed by atoms with Crippen LogP contribution in [-0.2, 0) is 14.8 Å². The fourth-order valence-corrected chi connectivity index (χ4v) is 3.98. The van der Waals surface area contributed by atoms with Crippen molar-refractivity contribution in [1.82, 2.24) is 4.31 Å². The predicted molar refractivity (Wildman–Crippen MR) is 76.4 cm³/mol. The van der Waals surface area contributed by atoms with Crippen LogP contribution in [0.3, 0.4) is 0 Å². The molecule has 1 heterocycles. The van der Waals surface area contributed by atoms with Crippen molar-refractivity contribution in [3.05, 3.63) is 28.2 Å². The zero-order chi connectivity index (χ0) is 14.0.